The van der Waals surface area contributed by atoms with E-state index >= 15 is 0 Å². The molecule has 1 aromatic rings. The van der Waals surface area contributed by atoms with Gasteiger partial charge in [-0.3, -0.25) is 0 Å². The zero-order valence-electron chi connectivity index (χ0n) is 7.47. The van der Waals surface area contributed by atoms with Crippen LogP contribution in [0.15, 0.2) is 35.9 Å². The average Bonchev–Trinajstić information content (AvgIpc) is 2.07. The molecule has 0 heterocycles. The van der Waals surface area contributed by atoms with E-state index in [1.807, 2.05) is 6.07 Å². The van der Waals surface area contributed by atoms with Crippen LogP contribution in [0.1, 0.15) is 19.4 Å². The first kappa shape index (κ1) is 9.53. The summed E-state index contributed by atoms with van der Waals surface area (Å²) in [5, 5.41) is 0.930. The molecule has 0 nitrogen and oxygen atoms in total. The minimum absolute atomic E-state index is 0.930. The van der Waals surface area contributed by atoms with Crippen molar-refractivity contribution in [3.63, 3.8) is 0 Å². The Balaban J connectivity index is 3.05. The average molecular weight is 225 g/mol. The molecular weight excluding hydrogens is 212 g/mol. The van der Waals surface area contributed by atoms with Crippen molar-refractivity contribution in [1.82, 2.24) is 0 Å². The molecule has 0 saturated heterocycles. The van der Waals surface area contributed by atoms with Crippen molar-refractivity contribution >= 4 is 21.5 Å². The fourth-order valence-corrected chi connectivity index (χ4v) is 2.02. The predicted molar refractivity (Wildman–Crippen MR) is 58.5 cm³/mol. The van der Waals surface area contributed by atoms with Crippen molar-refractivity contribution in [2.45, 2.75) is 13.8 Å². The Kier molecular flexibility index (Phi) is 3.54. The third-order valence-corrected chi connectivity index (χ3v) is 2.42. The first-order chi connectivity index (χ1) is 5.75. The van der Waals surface area contributed by atoms with E-state index in [0.29, 0.717) is 0 Å². The highest BCUT2D eigenvalue weighted by Gasteiger charge is 1.99. The van der Waals surface area contributed by atoms with Gasteiger partial charge in [0.05, 0.1) is 0 Å². The van der Waals surface area contributed by atoms with Crippen LogP contribution in [0.4, 0.5) is 0 Å². The maximum absolute atomic E-state index is 3.50. The molecule has 1 aromatic carbocycles. The molecule has 0 radical (unpaired) electrons. The molecule has 1 rings (SSSR count). The van der Waals surface area contributed by atoms with Gasteiger partial charge in [0.1, 0.15) is 0 Å². The van der Waals surface area contributed by atoms with E-state index in [9.17, 15) is 0 Å². The SMILES string of the molecule is CC(C)=C(CBr)c1ccccc1. The quantitative estimate of drug-likeness (QED) is 0.670. The largest absolute Gasteiger partial charge is 0.0876 e. The third kappa shape index (κ3) is 2.21. The lowest BCUT2D eigenvalue weighted by Crippen LogP contribution is -1.87. The Morgan fingerprint density at radius 3 is 2.17 bits per heavy atom. The molecule has 0 bridgehead atoms. The summed E-state index contributed by atoms with van der Waals surface area (Å²) in [4.78, 5) is 0. The maximum atomic E-state index is 3.50. The van der Waals surface area contributed by atoms with Gasteiger partial charge in [-0.1, -0.05) is 51.8 Å². The fourth-order valence-electron chi connectivity index (χ4n) is 1.14. The highest BCUT2D eigenvalue weighted by molar-refractivity contribution is 9.09. The molecule has 0 aliphatic heterocycles. The molecule has 0 saturated carbocycles. The number of benzene rings is 1. The maximum Gasteiger partial charge on any atom is 0.0288 e. The Morgan fingerprint density at radius 2 is 1.75 bits per heavy atom. The van der Waals surface area contributed by atoms with Gasteiger partial charge in [-0.15, -0.1) is 0 Å². The van der Waals surface area contributed by atoms with Gasteiger partial charge in [-0.25, -0.2) is 0 Å². The monoisotopic (exact) mass is 224 g/mol. The normalized spacial score (nSPS) is 9.58. The Hall–Kier alpha value is -0.560. The van der Waals surface area contributed by atoms with Gasteiger partial charge in [-0.2, -0.15) is 0 Å². The van der Waals surface area contributed by atoms with E-state index < -0.39 is 0 Å². The lowest BCUT2D eigenvalue weighted by molar-refractivity contribution is 1.37. The second kappa shape index (κ2) is 4.46. The van der Waals surface area contributed by atoms with E-state index in [1.54, 1.807) is 0 Å². The summed E-state index contributed by atoms with van der Waals surface area (Å²) in [5.41, 5.74) is 4.07. The third-order valence-electron chi connectivity index (χ3n) is 1.86. The molecule has 0 fully saturated rings. The van der Waals surface area contributed by atoms with Gasteiger partial charge in [0.25, 0.3) is 0 Å². The van der Waals surface area contributed by atoms with Crippen molar-refractivity contribution < 1.29 is 0 Å². The van der Waals surface area contributed by atoms with Crippen LogP contribution in [0, 0.1) is 0 Å². The van der Waals surface area contributed by atoms with E-state index in [4.69, 9.17) is 0 Å². The highest BCUT2D eigenvalue weighted by atomic mass is 79.9. The summed E-state index contributed by atoms with van der Waals surface area (Å²) in [6.07, 6.45) is 0. The summed E-state index contributed by atoms with van der Waals surface area (Å²) in [6, 6.07) is 10.5. The van der Waals surface area contributed by atoms with Gasteiger partial charge in [0.2, 0.25) is 0 Å². The smallest absolute Gasteiger partial charge is 0.0288 e. The van der Waals surface area contributed by atoms with Crippen LogP contribution in [0.3, 0.4) is 0 Å². The number of hydrogen-bond donors (Lipinski definition) is 0. The van der Waals surface area contributed by atoms with Crippen LogP contribution >= 0.6 is 15.9 Å². The number of alkyl halides is 1. The number of rotatable bonds is 2. The molecule has 0 amide bonds. The van der Waals surface area contributed by atoms with Crippen molar-refractivity contribution in [3.05, 3.63) is 41.5 Å². The van der Waals surface area contributed by atoms with Crippen molar-refractivity contribution in [3.8, 4) is 0 Å². The minimum atomic E-state index is 0.930. The van der Waals surface area contributed by atoms with E-state index in [2.05, 4.69) is 54.0 Å². The molecule has 64 valence electrons. The van der Waals surface area contributed by atoms with Crippen LogP contribution in [0.25, 0.3) is 5.57 Å². The second-order valence-electron chi connectivity index (χ2n) is 2.98. The predicted octanol–water partition coefficient (Wildman–Crippen LogP) is 3.87. The molecule has 0 aromatic heterocycles. The number of hydrogen-bond acceptors (Lipinski definition) is 0. The second-order valence-corrected chi connectivity index (χ2v) is 3.54. The molecule has 0 atom stereocenters. The lowest BCUT2D eigenvalue weighted by Gasteiger charge is -2.05. The molecule has 0 aliphatic rings. The van der Waals surface area contributed by atoms with Crippen LogP contribution < -0.4 is 0 Å². The number of allylic oxidation sites excluding steroid dienone is 2. The molecule has 12 heavy (non-hydrogen) atoms. The molecule has 0 unspecified atom stereocenters. The van der Waals surface area contributed by atoms with E-state index in [1.165, 1.54) is 16.7 Å². The van der Waals surface area contributed by atoms with Crippen molar-refractivity contribution in [1.29, 1.82) is 0 Å². The number of halogens is 1. The van der Waals surface area contributed by atoms with E-state index in [-0.39, 0.29) is 0 Å². The molecule has 0 spiro atoms. The van der Waals surface area contributed by atoms with Gasteiger partial charge < -0.3 is 0 Å². The molecule has 1 heteroatoms. The minimum Gasteiger partial charge on any atom is -0.0876 e. The Labute approximate surface area is 82.4 Å². The first-order valence-corrected chi connectivity index (χ1v) is 5.15. The summed E-state index contributed by atoms with van der Waals surface area (Å²) >= 11 is 3.50. The van der Waals surface area contributed by atoms with Crippen LogP contribution in [0.2, 0.25) is 0 Å². The van der Waals surface area contributed by atoms with Gasteiger partial charge in [0.15, 0.2) is 0 Å². The standard InChI is InChI=1S/C11H13Br/c1-9(2)11(8-12)10-6-4-3-5-7-10/h3-7H,8H2,1-2H3. The van der Waals surface area contributed by atoms with Gasteiger partial charge >= 0.3 is 0 Å². The molecule has 0 aliphatic carbocycles. The Morgan fingerprint density at radius 1 is 1.17 bits per heavy atom. The van der Waals surface area contributed by atoms with Crippen LogP contribution in [-0.2, 0) is 0 Å². The lowest BCUT2D eigenvalue weighted by atomic mass is 10.0. The fraction of sp³-hybridized carbons (Fsp3) is 0.273. The topological polar surface area (TPSA) is 0 Å². The van der Waals surface area contributed by atoms with Gasteiger partial charge in [0, 0.05) is 5.33 Å². The molecule has 0 N–H and O–H groups in total. The summed E-state index contributed by atoms with van der Waals surface area (Å²) in [6.45, 7) is 4.28. The molecular formula is C11H13Br. The van der Waals surface area contributed by atoms with Crippen molar-refractivity contribution in [2.75, 3.05) is 5.33 Å². The zero-order chi connectivity index (χ0) is 8.97. The Bertz CT molecular complexity index is 268. The summed E-state index contributed by atoms with van der Waals surface area (Å²) < 4.78 is 0. The summed E-state index contributed by atoms with van der Waals surface area (Å²) in [5.74, 6) is 0. The van der Waals surface area contributed by atoms with Crippen molar-refractivity contribution in [2.24, 2.45) is 0 Å². The van der Waals surface area contributed by atoms with Crippen LogP contribution in [0.5, 0.6) is 0 Å². The first-order valence-electron chi connectivity index (χ1n) is 4.03. The van der Waals surface area contributed by atoms with E-state index in [0.717, 1.165) is 5.33 Å². The van der Waals surface area contributed by atoms with Gasteiger partial charge in [-0.05, 0) is 25.0 Å². The van der Waals surface area contributed by atoms with Crippen LogP contribution in [-0.4, -0.2) is 5.33 Å². The zero-order valence-corrected chi connectivity index (χ0v) is 9.06. The summed E-state index contributed by atoms with van der Waals surface area (Å²) in [7, 11) is 0. The highest BCUT2D eigenvalue weighted by Crippen LogP contribution is 2.19.